The number of esters is 1. The number of carbonyl (C=O) groups is 2. The fraction of sp³-hybridized carbons (Fsp3) is 0.643. The third-order valence-electron chi connectivity index (χ3n) is 6.38. The maximum absolute atomic E-state index is 12.9. The van der Waals surface area contributed by atoms with Gasteiger partial charge in [0, 0.05) is 18.4 Å². The molecule has 6 atom stereocenters. The fourth-order valence-corrected chi connectivity index (χ4v) is 4.47. The summed E-state index contributed by atoms with van der Waals surface area (Å²) in [6.45, 7) is 8.34. The van der Waals surface area contributed by atoms with Gasteiger partial charge in [-0.1, -0.05) is 75.9 Å². The molecule has 8 heteroatoms. The van der Waals surface area contributed by atoms with Crippen LogP contribution < -0.4 is 5.32 Å². The van der Waals surface area contributed by atoms with Gasteiger partial charge in [-0.05, 0) is 12.8 Å². The predicted octanol–water partition coefficient (Wildman–Crippen LogP) is 4.59. The highest BCUT2D eigenvalue weighted by atomic mass is 16.8. The van der Waals surface area contributed by atoms with Crippen molar-refractivity contribution in [2.75, 3.05) is 13.2 Å². The highest BCUT2D eigenvalue weighted by Crippen LogP contribution is 2.36. The Morgan fingerprint density at radius 2 is 1.78 bits per heavy atom. The second-order valence-corrected chi connectivity index (χ2v) is 9.30. The summed E-state index contributed by atoms with van der Waals surface area (Å²) in [6.07, 6.45) is 4.31. The van der Waals surface area contributed by atoms with Gasteiger partial charge < -0.3 is 29.0 Å². The number of hydrogen-bond donors (Lipinski definition) is 1. The minimum absolute atomic E-state index is 0.138. The topological polar surface area (TPSA) is 92.3 Å². The van der Waals surface area contributed by atoms with E-state index in [1.807, 2.05) is 30.3 Å². The van der Waals surface area contributed by atoms with E-state index in [1.54, 1.807) is 6.08 Å². The summed E-state index contributed by atoms with van der Waals surface area (Å²) >= 11 is 0. The molecular weight excluding hydrogens is 462 g/mol. The smallest absolute Gasteiger partial charge is 0.306 e. The lowest BCUT2D eigenvalue weighted by Gasteiger charge is -2.48. The summed E-state index contributed by atoms with van der Waals surface area (Å²) in [5.41, 5.74) is 0.856. The van der Waals surface area contributed by atoms with E-state index >= 15 is 0 Å². The van der Waals surface area contributed by atoms with Gasteiger partial charge in [0.15, 0.2) is 18.7 Å². The summed E-state index contributed by atoms with van der Waals surface area (Å²) in [5.74, 6) is -0.463. The summed E-state index contributed by atoms with van der Waals surface area (Å²) < 4.78 is 30.4. The lowest BCUT2D eigenvalue weighted by molar-refractivity contribution is -0.343. The van der Waals surface area contributed by atoms with Crippen LogP contribution in [0.2, 0.25) is 0 Å². The zero-order valence-corrected chi connectivity index (χ0v) is 21.6. The average molecular weight is 504 g/mol. The van der Waals surface area contributed by atoms with E-state index < -0.39 is 36.9 Å². The van der Waals surface area contributed by atoms with Crippen molar-refractivity contribution >= 4 is 11.9 Å². The molecule has 0 bridgehead atoms. The van der Waals surface area contributed by atoms with Crippen molar-refractivity contribution in [3.8, 4) is 0 Å². The van der Waals surface area contributed by atoms with Crippen LogP contribution in [-0.2, 0) is 33.3 Å². The fourth-order valence-electron chi connectivity index (χ4n) is 4.47. The Kier molecular flexibility index (Phi) is 11.9. The quantitative estimate of drug-likeness (QED) is 0.226. The molecule has 2 saturated heterocycles. The lowest BCUT2D eigenvalue weighted by atomic mass is 9.95. The van der Waals surface area contributed by atoms with Gasteiger partial charge in [-0.3, -0.25) is 9.59 Å². The number of rotatable bonds is 14. The summed E-state index contributed by atoms with van der Waals surface area (Å²) in [5, 5.41) is 3.03. The van der Waals surface area contributed by atoms with E-state index in [0.717, 1.165) is 44.1 Å². The van der Waals surface area contributed by atoms with E-state index in [0.29, 0.717) is 12.8 Å². The Morgan fingerprint density at radius 1 is 1.06 bits per heavy atom. The van der Waals surface area contributed by atoms with E-state index in [4.69, 9.17) is 23.7 Å². The second-order valence-electron chi connectivity index (χ2n) is 9.30. The molecule has 1 unspecified atom stereocenters. The molecule has 0 aliphatic carbocycles. The van der Waals surface area contributed by atoms with Crippen LogP contribution in [0, 0.1) is 0 Å². The Labute approximate surface area is 214 Å². The van der Waals surface area contributed by atoms with Crippen molar-refractivity contribution in [1.82, 2.24) is 5.32 Å². The first-order valence-corrected chi connectivity index (χ1v) is 13.3. The van der Waals surface area contributed by atoms with E-state index in [2.05, 4.69) is 25.7 Å². The van der Waals surface area contributed by atoms with Gasteiger partial charge >= 0.3 is 5.97 Å². The number of benzene rings is 1. The second kappa shape index (κ2) is 15.1. The molecule has 0 saturated carbocycles. The Bertz CT molecular complexity index is 817. The predicted molar refractivity (Wildman–Crippen MR) is 135 cm³/mol. The van der Waals surface area contributed by atoms with Crippen LogP contribution in [0.4, 0.5) is 0 Å². The highest BCUT2D eigenvalue weighted by Gasteiger charge is 2.52. The van der Waals surface area contributed by atoms with Gasteiger partial charge in [-0.25, -0.2) is 0 Å². The maximum Gasteiger partial charge on any atom is 0.306 e. The van der Waals surface area contributed by atoms with Crippen LogP contribution in [0.3, 0.4) is 0 Å². The van der Waals surface area contributed by atoms with Crippen LogP contribution in [0.5, 0.6) is 0 Å². The summed E-state index contributed by atoms with van der Waals surface area (Å²) in [7, 11) is 0. The molecule has 2 aliphatic heterocycles. The molecule has 1 aromatic rings. The van der Waals surface area contributed by atoms with Crippen LogP contribution in [0.1, 0.15) is 77.1 Å². The standard InChI is InChI=1S/C28H41NO7/c1-4-7-10-16-22(30)29-24-26(35-23(31)17-11-8-5-2)25-21(34-28(24)32-18-6-3)19-33-27(36-25)20-14-12-9-13-15-20/h6,9,12-15,21,24-28H,3-5,7-8,10-11,16-19H2,1-2H3,(H,29,30)/t21-,24-,25-,26-,27?,28-/m1/s1. The van der Waals surface area contributed by atoms with Crippen molar-refractivity contribution < 1.29 is 33.3 Å². The van der Waals surface area contributed by atoms with Crippen molar-refractivity contribution in [1.29, 1.82) is 0 Å². The first-order chi connectivity index (χ1) is 17.6. The Balaban J connectivity index is 1.83. The molecule has 200 valence electrons. The van der Waals surface area contributed by atoms with E-state index in [-0.39, 0.29) is 25.1 Å². The van der Waals surface area contributed by atoms with Gasteiger partial charge in [0.05, 0.1) is 13.2 Å². The molecule has 0 aromatic heterocycles. The first-order valence-electron chi connectivity index (χ1n) is 13.3. The lowest BCUT2D eigenvalue weighted by Crippen LogP contribution is -2.67. The summed E-state index contributed by atoms with van der Waals surface area (Å²) in [6, 6.07) is 8.85. The molecule has 1 amide bonds. The number of fused-ring (bicyclic) bond motifs is 1. The largest absolute Gasteiger partial charge is 0.457 e. The van der Waals surface area contributed by atoms with Gasteiger partial charge in [0.2, 0.25) is 5.91 Å². The normalized spacial score (nSPS) is 27.6. The SMILES string of the molecule is C=CCO[C@@H]1O[C@@H]2COC(c3ccccc3)O[C@H]2[C@H](OC(=O)CCCCC)[C@H]1NC(=O)CCCCC. The molecule has 2 aliphatic rings. The number of amides is 1. The third-order valence-corrected chi connectivity index (χ3v) is 6.38. The molecule has 0 radical (unpaired) electrons. The minimum Gasteiger partial charge on any atom is -0.457 e. The maximum atomic E-state index is 12.9. The van der Waals surface area contributed by atoms with Crippen LogP contribution >= 0.6 is 0 Å². The number of unbranched alkanes of at least 4 members (excludes halogenated alkanes) is 4. The van der Waals surface area contributed by atoms with Crippen molar-refractivity contribution in [2.24, 2.45) is 0 Å². The van der Waals surface area contributed by atoms with Crippen molar-refractivity contribution in [3.05, 3.63) is 48.6 Å². The molecule has 3 rings (SSSR count). The Hall–Kier alpha value is -2.26. The number of nitrogens with one attached hydrogen (secondary N) is 1. The van der Waals surface area contributed by atoms with Gasteiger partial charge in [-0.2, -0.15) is 0 Å². The molecule has 0 spiro atoms. The van der Waals surface area contributed by atoms with Crippen LogP contribution in [0.15, 0.2) is 43.0 Å². The van der Waals surface area contributed by atoms with Gasteiger partial charge in [0.25, 0.3) is 0 Å². The molecule has 1 N–H and O–H groups in total. The molecule has 2 fully saturated rings. The zero-order valence-electron chi connectivity index (χ0n) is 21.6. The molecule has 2 heterocycles. The average Bonchev–Trinajstić information content (AvgIpc) is 2.89. The third kappa shape index (κ3) is 8.13. The molecule has 1 aromatic carbocycles. The molecule has 36 heavy (non-hydrogen) atoms. The van der Waals surface area contributed by atoms with Crippen molar-refractivity contribution in [2.45, 2.75) is 102 Å². The monoisotopic (exact) mass is 503 g/mol. The van der Waals surface area contributed by atoms with Crippen LogP contribution in [0.25, 0.3) is 0 Å². The van der Waals surface area contributed by atoms with Crippen molar-refractivity contribution in [3.63, 3.8) is 0 Å². The Morgan fingerprint density at radius 3 is 2.47 bits per heavy atom. The molecular formula is C28H41NO7. The van der Waals surface area contributed by atoms with E-state index in [1.165, 1.54) is 0 Å². The molecule has 8 nitrogen and oxygen atoms in total. The highest BCUT2D eigenvalue weighted by molar-refractivity contribution is 5.76. The number of hydrogen-bond acceptors (Lipinski definition) is 7. The van der Waals surface area contributed by atoms with Gasteiger partial charge in [-0.15, -0.1) is 6.58 Å². The minimum atomic E-state index is -0.840. The number of ether oxygens (including phenoxy) is 5. The number of carbonyl (C=O) groups excluding carboxylic acids is 2. The van der Waals surface area contributed by atoms with Gasteiger partial charge in [0.1, 0.15) is 18.2 Å². The van der Waals surface area contributed by atoms with Crippen LogP contribution in [-0.4, -0.2) is 55.7 Å². The first kappa shape index (κ1) is 28.3. The summed E-state index contributed by atoms with van der Waals surface area (Å²) in [4.78, 5) is 25.7. The zero-order chi connectivity index (χ0) is 25.8. The van der Waals surface area contributed by atoms with E-state index in [9.17, 15) is 9.59 Å².